The van der Waals surface area contributed by atoms with Crippen LogP contribution in [0.1, 0.15) is 32.1 Å². The van der Waals surface area contributed by atoms with Gasteiger partial charge in [-0.15, -0.1) is 0 Å². The van der Waals surface area contributed by atoms with Crippen molar-refractivity contribution in [1.82, 2.24) is 0 Å². The van der Waals surface area contributed by atoms with Crippen LogP contribution >= 0.6 is 0 Å². The molecule has 0 spiro atoms. The van der Waals surface area contributed by atoms with Gasteiger partial charge in [-0.1, -0.05) is 0 Å². The molecule has 86 valence electrons. The molecule has 1 unspecified atom stereocenters. The second-order valence-electron chi connectivity index (χ2n) is 5.08. The smallest absolute Gasteiger partial charge is 0.211 e. The summed E-state index contributed by atoms with van der Waals surface area (Å²) in [7, 11) is 0. The minimum absolute atomic E-state index is 0.104. The van der Waals surface area contributed by atoms with Crippen molar-refractivity contribution in [3.05, 3.63) is 0 Å². The van der Waals surface area contributed by atoms with Crippen LogP contribution in [0.5, 0.6) is 0 Å². The van der Waals surface area contributed by atoms with Gasteiger partial charge in [0.15, 0.2) is 0 Å². The first-order valence-corrected chi connectivity index (χ1v) is 5.88. The van der Waals surface area contributed by atoms with E-state index in [1.54, 1.807) is 12.2 Å². The van der Waals surface area contributed by atoms with Crippen molar-refractivity contribution < 1.29 is 9.59 Å². The van der Waals surface area contributed by atoms with Crippen LogP contribution in [0.2, 0.25) is 0 Å². The fraction of sp³-hybridized carbons (Fsp3) is 0.833. The molecule has 3 saturated carbocycles. The minimum Gasteiger partial charge on any atom is -0.211 e. The Balaban J connectivity index is 2.14. The molecule has 0 aromatic heterocycles. The van der Waals surface area contributed by atoms with Gasteiger partial charge in [0.1, 0.15) is 0 Å². The molecule has 0 saturated heterocycles. The summed E-state index contributed by atoms with van der Waals surface area (Å²) in [5, 5.41) is 0. The number of carbonyl (C=O) groups excluding carboxylic acids is 2. The minimum atomic E-state index is 0.104. The molecule has 1 atom stereocenters. The van der Waals surface area contributed by atoms with Crippen molar-refractivity contribution in [3.8, 4) is 0 Å². The maximum absolute atomic E-state index is 10.3. The van der Waals surface area contributed by atoms with Crippen LogP contribution in [0.15, 0.2) is 9.98 Å². The van der Waals surface area contributed by atoms with E-state index in [0.29, 0.717) is 19.0 Å². The van der Waals surface area contributed by atoms with Crippen molar-refractivity contribution in [3.63, 3.8) is 0 Å². The number of aliphatic imine (C=N–C) groups is 2. The molecule has 3 fully saturated rings. The predicted molar refractivity (Wildman–Crippen MR) is 58.5 cm³/mol. The van der Waals surface area contributed by atoms with E-state index in [9.17, 15) is 9.59 Å². The van der Waals surface area contributed by atoms with Gasteiger partial charge < -0.3 is 0 Å². The van der Waals surface area contributed by atoms with Gasteiger partial charge >= 0.3 is 0 Å². The average molecular weight is 220 g/mol. The maximum atomic E-state index is 10.3. The Morgan fingerprint density at radius 3 is 2.44 bits per heavy atom. The first kappa shape index (κ1) is 11.3. The summed E-state index contributed by atoms with van der Waals surface area (Å²) in [5.74, 6) is 1.19. The van der Waals surface area contributed by atoms with Crippen LogP contribution < -0.4 is 0 Å². The topological polar surface area (TPSA) is 58.9 Å². The lowest BCUT2D eigenvalue weighted by Crippen LogP contribution is -2.45. The highest BCUT2D eigenvalue weighted by atomic mass is 16.1. The van der Waals surface area contributed by atoms with E-state index in [4.69, 9.17) is 0 Å². The molecule has 0 aliphatic heterocycles. The van der Waals surface area contributed by atoms with Crippen molar-refractivity contribution in [1.29, 1.82) is 0 Å². The number of nitrogens with zero attached hydrogens (tertiary/aromatic N) is 2. The van der Waals surface area contributed by atoms with Crippen LogP contribution in [0.3, 0.4) is 0 Å². The molecule has 2 bridgehead atoms. The first-order valence-electron chi connectivity index (χ1n) is 5.88. The van der Waals surface area contributed by atoms with Gasteiger partial charge in [0.2, 0.25) is 12.2 Å². The zero-order valence-electron chi connectivity index (χ0n) is 9.32. The molecule has 0 aromatic rings. The van der Waals surface area contributed by atoms with Crippen LogP contribution in [-0.2, 0) is 9.59 Å². The maximum Gasteiger partial charge on any atom is 0.234 e. The summed E-state index contributed by atoms with van der Waals surface area (Å²) >= 11 is 0. The lowest BCUT2D eigenvalue weighted by atomic mass is 9.55. The third-order valence-electron chi connectivity index (χ3n) is 4.42. The lowest BCUT2D eigenvalue weighted by molar-refractivity contribution is 0.00770. The Kier molecular flexibility index (Phi) is 3.33. The van der Waals surface area contributed by atoms with Gasteiger partial charge in [-0.2, -0.15) is 0 Å². The van der Waals surface area contributed by atoms with Gasteiger partial charge in [-0.25, -0.2) is 19.6 Å². The van der Waals surface area contributed by atoms with Crippen molar-refractivity contribution in [2.45, 2.75) is 32.1 Å². The number of fused-ring (bicyclic) bond motifs is 3. The molecule has 3 aliphatic rings. The van der Waals surface area contributed by atoms with Crippen molar-refractivity contribution >= 4 is 12.2 Å². The quantitative estimate of drug-likeness (QED) is 0.536. The van der Waals surface area contributed by atoms with E-state index in [0.717, 1.165) is 25.2 Å². The number of rotatable bonds is 4. The molecule has 0 heterocycles. The molecule has 0 radical (unpaired) electrons. The molecular formula is C12H16N2O2. The normalized spacial score (nSPS) is 36.2. The van der Waals surface area contributed by atoms with Gasteiger partial charge in [0.25, 0.3) is 0 Å². The number of hydrogen-bond acceptors (Lipinski definition) is 4. The van der Waals surface area contributed by atoms with Crippen LogP contribution in [0.25, 0.3) is 0 Å². The van der Waals surface area contributed by atoms with E-state index in [1.165, 1.54) is 12.8 Å². The lowest BCUT2D eigenvalue weighted by Gasteiger charge is -2.51. The van der Waals surface area contributed by atoms with E-state index in [1.807, 2.05) is 0 Å². The summed E-state index contributed by atoms with van der Waals surface area (Å²) in [6.07, 6.45) is 9.06. The zero-order chi connectivity index (χ0) is 11.4. The second kappa shape index (κ2) is 4.73. The van der Waals surface area contributed by atoms with E-state index in [-0.39, 0.29) is 5.41 Å². The van der Waals surface area contributed by atoms with Gasteiger partial charge in [-0.05, 0) is 49.4 Å². The molecule has 3 aliphatic carbocycles. The van der Waals surface area contributed by atoms with E-state index in [2.05, 4.69) is 9.98 Å². The van der Waals surface area contributed by atoms with Crippen LogP contribution in [0.4, 0.5) is 0 Å². The molecule has 16 heavy (non-hydrogen) atoms. The highest BCUT2D eigenvalue weighted by molar-refractivity contribution is 5.33. The monoisotopic (exact) mass is 220 g/mol. The Morgan fingerprint density at radius 2 is 1.81 bits per heavy atom. The Morgan fingerprint density at radius 1 is 1.12 bits per heavy atom. The molecule has 0 aromatic carbocycles. The SMILES string of the molecule is O=C=NCC1CC2CCC1(CN=C=O)CC2. The third kappa shape index (κ3) is 1.99. The molecule has 4 heteroatoms. The average Bonchev–Trinajstić information content (AvgIpc) is 2.35. The molecule has 3 rings (SSSR count). The fourth-order valence-electron chi connectivity index (χ4n) is 3.44. The number of isocyanates is 2. The van der Waals surface area contributed by atoms with Gasteiger partial charge in [-0.3, -0.25) is 0 Å². The third-order valence-corrected chi connectivity index (χ3v) is 4.42. The first-order chi connectivity index (χ1) is 7.80. The largest absolute Gasteiger partial charge is 0.234 e. The van der Waals surface area contributed by atoms with Crippen molar-refractivity contribution in [2.24, 2.45) is 27.2 Å². The van der Waals surface area contributed by atoms with Crippen LogP contribution in [0, 0.1) is 17.3 Å². The van der Waals surface area contributed by atoms with Crippen molar-refractivity contribution in [2.75, 3.05) is 13.1 Å². The summed E-state index contributed by atoms with van der Waals surface area (Å²) in [6.45, 7) is 1.11. The molecule has 0 N–H and O–H groups in total. The van der Waals surface area contributed by atoms with Gasteiger partial charge in [0, 0.05) is 0 Å². The zero-order valence-corrected chi connectivity index (χ0v) is 9.32. The second-order valence-corrected chi connectivity index (χ2v) is 5.08. The molecule has 4 nitrogen and oxygen atoms in total. The number of hydrogen-bond donors (Lipinski definition) is 0. The Labute approximate surface area is 94.9 Å². The van der Waals surface area contributed by atoms with E-state index < -0.39 is 0 Å². The Bertz CT molecular complexity index is 346. The summed E-state index contributed by atoms with van der Waals surface area (Å²) in [4.78, 5) is 28.0. The Hall–Kier alpha value is -1.24. The summed E-state index contributed by atoms with van der Waals surface area (Å²) in [6, 6.07) is 0. The summed E-state index contributed by atoms with van der Waals surface area (Å²) in [5.41, 5.74) is 0.104. The fourth-order valence-corrected chi connectivity index (χ4v) is 3.44. The van der Waals surface area contributed by atoms with Gasteiger partial charge in [0.05, 0.1) is 13.1 Å². The molecular weight excluding hydrogens is 204 g/mol. The summed E-state index contributed by atoms with van der Waals surface area (Å²) < 4.78 is 0. The van der Waals surface area contributed by atoms with Crippen LogP contribution in [-0.4, -0.2) is 25.2 Å². The molecule has 0 amide bonds. The predicted octanol–water partition coefficient (Wildman–Crippen LogP) is 1.85. The standard InChI is InChI=1S/C12H16N2O2/c15-8-13-6-11-5-10-1-3-12(11,4-2-10)7-14-9-16/h10-11H,1-7H2. The highest BCUT2D eigenvalue weighted by Crippen LogP contribution is 2.53. The van der Waals surface area contributed by atoms with E-state index >= 15 is 0 Å². The highest BCUT2D eigenvalue weighted by Gasteiger charge is 2.47.